The van der Waals surface area contributed by atoms with Gasteiger partial charge in [-0.3, -0.25) is 10.1 Å². The second kappa shape index (κ2) is 7.43. The fourth-order valence-electron chi connectivity index (χ4n) is 5.92. The van der Waals surface area contributed by atoms with Crippen molar-refractivity contribution in [3.63, 3.8) is 0 Å². The van der Waals surface area contributed by atoms with Gasteiger partial charge in [0.15, 0.2) is 0 Å². The van der Waals surface area contributed by atoms with Crippen LogP contribution in [0.3, 0.4) is 0 Å². The maximum absolute atomic E-state index is 13.8. The number of amides is 3. The fourth-order valence-corrected chi connectivity index (χ4v) is 5.92. The lowest BCUT2D eigenvalue weighted by Gasteiger charge is -2.56. The van der Waals surface area contributed by atoms with Crippen LogP contribution in [0.5, 0.6) is 0 Å². The zero-order chi connectivity index (χ0) is 19.9. The van der Waals surface area contributed by atoms with Crippen LogP contribution in [0.1, 0.15) is 57.1 Å². The molecule has 4 aliphatic carbocycles. The van der Waals surface area contributed by atoms with Crippen molar-refractivity contribution in [2.45, 2.75) is 57.0 Å². The maximum Gasteiger partial charge on any atom is 0.321 e. The predicted molar refractivity (Wildman–Crippen MR) is 100 cm³/mol. The van der Waals surface area contributed by atoms with Crippen LogP contribution in [0.4, 0.5) is 13.6 Å². The van der Waals surface area contributed by atoms with E-state index in [0.29, 0.717) is 17.8 Å². The molecule has 152 valence electrons. The molecule has 7 heteroatoms. The van der Waals surface area contributed by atoms with E-state index in [-0.39, 0.29) is 17.6 Å². The number of halogens is 2. The fraction of sp³-hybridized carbons (Fsp3) is 0.619. The Morgan fingerprint density at radius 3 is 2.29 bits per heavy atom. The number of hydrogen-bond donors (Lipinski definition) is 3. The Hall–Kier alpha value is -2.02. The standard InChI is InChI=1S/C21H27F2N3O2/c1-12(17-3-2-16(22)7-18(17)23)24-11-19(27)25-20(28)26-21-8-13-4-14(9-21)6-15(5-13)10-21/h2-3,7,12-15,24H,4-6,8-11H2,1H3,(H2,25,26,27,28)/t12-,13?,14?,15?,21?/m0/s1. The van der Waals surface area contributed by atoms with Crippen molar-refractivity contribution in [1.82, 2.24) is 16.0 Å². The van der Waals surface area contributed by atoms with Gasteiger partial charge in [-0.05, 0) is 69.3 Å². The van der Waals surface area contributed by atoms with Gasteiger partial charge in [0.1, 0.15) is 11.6 Å². The zero-order valence-electron chi connectivity index (χ0n) is 16.1. The largest absolute Gasteiger partial charge is 0.332 e. The van der Waals surface area contributed by atoms with Crippen LogP contribution in [0.2, 0.25) is 0 Å². The van der Waals surface area contributed by atoms with Crippen LogP contribution in [-0.4, -0.2) is 24.0 Å². The molecule has 4 fully saturated rings. The summed E-state index contributed by atoms with van der Waals surface area (Å²) in [6.07, 6.45) is 6.88. The third-order valence-corrected chi connectivity index (χ3v) is 6.67. The van der Waals surface area contributed by atoms with Gasteiger partial charge >= 0.3 is 6.03 Å². The van der Waals surface area contributed by atoms with Crippen LogP contribution in [0.25, 0.3) is 0 Å². The number of rotatable bonds is 5. The summed E-state index contributed by atoms with van der Waals surface area (Å²) >= 11 is 0. The molecule has 0 spiro atoms. The smallest absolute Gasteiger partial charge is 0.321 e. The van der Waals surface area contributed by atoms with Gasteiger partial charge in [-0.2, -0.15) is 0 Å². The summed E-state index contributed by atoms with van der Waals surface area (Å²) in [5, 5.41) is 8.34. The molecule has 4 aliphatic rings. The second-order valence-corrected chi connectivity index (χ2v) is 8.97. The van der Waals surface area contributed by atoms with Crippen molar-refractivity contribution in [1.29, 1.82) is 0 Å². The van der Waals surface area contributed by atoms with Gasteiger partial charge < -0.3 is 10.6 Å². The lowest BCUT2D eigenvalue weighted by atomic mass is 9.53. The average Bonchev–Trinajstić information content (AvgIpc) is 2.57. The first-order valence-electron chi connectivity index (χ1n) is 10.1. The summed E-state index contributed by atoms with van der Waals surface area (Å²) in [7, 11) is 0. The second-order valence-electron chi connectivity index (χ2n) is 8.97. The van der Waals surface area contributed by atoms with Crippen LogP contribution in [-0.2, 0) is 4.79 Å². The van der Waals surface area contributed by atoms with Crippen molar-refractivity contribution >= 4 is 11.9 Å². The predicted octanol–water partition coefficient (Wildman–Crippen LogP) is 3.41. The van der Waals surface area contributed by atoms with E-state index < -0.39 is 29.6 Å². The van der Waals surface area contributed by atoms with E-state index in [1.807, 2.05) is 0 Å². The van der Waals surface area contributed by atoms with Gasteiger partial charge in [0.2, 0.25) is 5.91 Å². The number of benzene rings is 1. The SMILES string of the molecule is C[C@H](NCC(=O)NC(=O)NC12CC3CC(CC(C3)C1)C2)c1ccc(F)cc1F. The first kappa shape index (κ1) is 19.3. The number of urea groups is 1. The minimum Gasteiger partial charge on any atom is -0.332 e. The molecule has 5 nitrogen and oxygen atoms in total. The highest BCUT2D eigenvalue weighted by atomic mass is 19.1. The number of hydrogen-bond acceptors (Lipinski definition) is 3. The van der Waals surface area contributed by atoms with Crippen LogP contribution in [0.15, 0.2) is 18.2 Å². The molecule has 3 amide bonds. The highest BCUT2D eigenvalue weighted by Crippen LogP contribution is 2.55. The Labute approximate surface area is 163 Å². The average molecular weight is 391 g/mol. The van der Waals surface area contributed by atoms with Gasteiger partial charge in [0, 0.05) is 23.2 Å². The zero-order valence-corrected chi connectivity index (χ0v) is 16.1. The molecular formula is C21H27F2N3O2. The Kier molecular flexibility index (Phi) is 5.12. The molecule has 0 radical (unpaired) electrons. The molecule has 1 atom stereocenters. The Bertz CT molecular complexity index is 748. The van der Waals surface area contributed by atoms with Gasteiger partial charge in [-0.15, -0.1) is 0 Å². The summed E-state index contributed by atoms with van der Waals surface area (Å²) in [5.41, 5.74) is 0.115. The molecule has 0 aliphatic heterocycles. The van der Waals surface area contributed by atoms with Crippen molar-refractivity contribution < 1.29 is 18.4 Å². The normalized spacial score (nSPS) is 31.5. The summed E-state index contributed by atoms with van der Waals surface area (Å²) in [5.74, 6) is 0.324. The molecule has 0 heterocycles. The minimum atomic E-state index is -0.667. The molecule has 0 saturated heterocycles. The van der Waals surface area contributed by atoms with Gasteiger partial charge in [0.25, 0.3) is 0 Å². The number of imide groups is 1. The quantitative estimate of drug-likeness (QED) is 0.720. The molecule has 4 bridgehead atoms. The van der Waals surface area contributed by atoms with Gasteiger partial charge in [-0.25, -0.2) is 13.6 Å². The summed E-state index contributed by atoms with van der Waals surface area (Å²) in [4.78, 5) is 24.5. The molecule has 0 unspecified atom stereocenters. The molecular weight excluding hydrogens is 364 g/mol. The molecule has 0 aromatic heterocycles. The van der Waals surface area contributed by atoms with E-state index >= 15 is 0 Å². The third kappa shape index (κ3) is 4.04. The lowest BCUT2D eigenvalue weighted by Crippen LogP contribution is -2.62. The lowest BCUT2D eigenvalue weighted by molar-refractivity contribution is -0.119. The topological polar surface area (TPSA) is 70.2 Å². The van der Waals surface area contributed by atoms with Gasteiger partial charge in [-0.1, -0.05) is 6.07 Å². The highest BCUT2D eigenvalue weighted by molar-refractivity contribution is 5.95. The first-order chi connectivity index (χ1) is 13.3. The Morgan fingerprint density at radius 1 is 1.11 bits per heavy atom. The van der Waals surface area contributed by atoms with Crippen LogP contribution < -0.4 is 16.0 Å². The van der Waals surface area contributed by atoms with Gasteiger partial charge in [0.05, 0.1) is 6.54 Å². The number of nitrogens with one attached hydrogen (secondary N) is 3. The van der Waals surface area contributed by atoms with E-state index in [0.717, 1.165) is 25.3 Å². The van der Waals surface area contributed by atoms with Crippen LogP contribution in [0, 0.1) is 29.4 Å². The summed E-state index contributed by atoms with van der Waals surface area (Å²) < 4.78 is 26.8. The van der Waals surface area contributed by atoms with Crippen molar-refractivity contribution in [2.75, 3.05) is 6.54 Å². The van der Waals surface area contributed by atoms with Crippen molar-refractivity contribution in [2.24, 2.45) is 17.8 Å². The number of carbonyl (C=O) groups is 2. The first-order valence-corrected chi connectivity index (χ1v) is 10.1. The van der Waals surface area contributed by atoms with E-state index in [1.54, 1.807) is 6.92 Å². The summed E-state index contributed by atoms with van der Waals surface area (Å²) in [6.45, 7) is 1.55. The highest BCUT2D eigenvalue weighted by Gasteiger charge is 2.51. The third-order valence-electron chi connectivity index (χ3n) is 6.67. The molecule has 28 heavy (non-hydrogen) atoms. The molecule has 1 aromatic rings. The molecule has 5 rings (SSSR count). The van der Waals surface area contributed by atoms with E-state index in [2.05, 4.69) is 16.0 Å². The maximum atomic E-state index is 13.8. The monoisotopic (exact) mass is 391 g/mol. The van der Waals surface area contributed by atoms with Crippen molar-refractivity contribution in [3.8, 4) is 0 Å². The Morgan fingerprint density at radius 2 is 1.71 bits per heavy atom. The Balaban J connectivity index is 1.26. The summed E-state index contributed by atoms with van der Waals surface area (Å²) in [6, 6.07) is 2.40. The molecule has 4 saturated carbocycles. The molecule has 3 N–H and O–H groups in total. The molecule has 1 aromatic carbocycles. The van der Waals surface area contributed by atoms with Crippen LogP contribution >= 0.6 is 0 Å². The van der Waals surface area contributed by atoms with E-state index in [9.17, 15) is 18.4 Å². The van der Waals surface area contributed by atoms with Crippen molar-refractivity contribution in [3.05, 3.63) is 35.4 Å². The number of carbonyl (C=O) groups excluding carboxylic acids is 2. The van der Waals surface area contributed by atoms with E-state index in [4.69, 9.17) is 0 Å². The van der Waals surface area contributed by atoms with E-state index in [1.165, 1.54) is 31.4 Å². The minimum absolute atomic E-state index is 0.133.